The van der Waals surface area contributed by atoms with Crippen molar-refractivity contribution in [2.75, 3.05) is 6.54 Å². The van der Waals surface area contributed by atoms with Gasteiger partial charge in [0.2, 0.25) is 10.0 Å². The molecule has 16 heavy (non-hydrogen) atoms. The van der Waals surface area contributed by atoms with Crippen LogP contribution in [0.25, 0.3) is 0 Å². The van der Waals surface area contributed by atoms with Gasteiger partial charge in [0.25, 0.3) is 0 Å². The molecule has 0 spiro atoms. The number of carboxylic acid groups (broad SMARTS) is 1. The van der Waals surface area contributed by atoms with E-state index in [1.807, 2.05) is 0 Å². The number of hydrogen-bond acceptors (Lipinski definition) is 3. The first kappa shape index (κ1) is 12.7. The molecule has 0 aliphatic heterocycles. The van der Waals surface area contributed by atoms with Crippen molar-refractivity contribution in [1.29, 1.82) is 0 Å². The van der Waals surface area contributed by atoms with Crippen molar-refractivity contribution in [2.45, 2.75) is 24.8 Å². The predicted molar refractivity (Wildman–Crippen MR) is 57.5 cm³/mol. The molecule has 90 valence electrons. The Morgan fingerprint density at radius 2 is 2.19 bits per heavy atom. The van der Waals surface area contributed by atoms with Gasteiger partial charge in [0, 0.05) is 18.4 Å². The normalized spacial score (nSPS) is 12.2. The van der Waals surface area contributed by atoms with E-state index in [1.54, 1.807) is 13.8 Å². The Morgan fingerprint density at radius 1 is 1.56 bits per heavy atom. The summed E-state index contributed by atoms with van der Waals surface area (Å²) in [6.45, 7) is 2.73. The SMILES string of the molecule is CC(C)N(CC(=O)O)S(=O)(=O)c1cc[nH]c1. The van der Waals surface area contributed by atoms with Crippen molar-refractivity contribution < 1.29 is 18.3 Å². The minimum Gasteiger partial charge on any atom is -0.480 e. The molecule has 2 N–H and O–H groups in total. The van der Waals surface area contributed by atoms with Crippen molar-refractivity contribution in [1.82, 2.24) is 9.29 Å². The summed E-state index contributed by atoms with van der Waals surface area (Å²) in [5.41, 5.74) is 0. The molecule has 0 fully saturated rings. The number of H-pyrrole nitrogens is 1. The second-order valence-corrected chi connectivity index (χ2v) is 5.48. The lowest BCUT2D eigenvalue weighted by molar-refractivity contribution is -0.137. The second kappa shape index (κ2) is 4.67. The lowest BCUT2D eigenvalue weighted by Gasteiger charge is -2.23. The number of aliphatic carboxylic acids is 1. The number of aromatic amines is 1. The molecule has 1 aromatic rings. The Morgan fingerprint density at radius 3 is 2.56 bits per heavy atom. The number of aromatic nitrogens is 1. The maximum absolute atomic E-state index is 12.0. The van der Waals surface area contributed by atoms with E-state index in [0.717, 1.165) is 4.31 Å². The van der Waals surface area contributed by atoms with Crippen LogP contribution >= 0.6 is 0 Å². The summed E-state index contributed by atoms with van der Waals surface area (Å²) in [5.74, 6) is -1.17. The molecule has 0 aromatic carbocycles. The lowest BCUT2D eigenvalue weighted by atomic mass is 10.4. The van der Waals surface area contributed by atoms with E-state index in [9.17, 15) is 13.2 Å². The first-order valence-electron chi connectivity index (χ1n) is 4.72. The molecule has 0 saturated carbocycles. The first-order chi connectivity index (χ1) is 7.35. The van der Waals surface area contributed by atoms with Crippen molar-refractivity contribution in [2.24, 2.45) is 0 Å². The molecule has 1 rings (SSSR count). The van der Waals surface area contributed by atoms with Gasteiger partial charge in [0.05, 0.1) is 4.90 Å². The Bertz CT molecular complexity index is 450. The number of sulfonamides is 1. The van der Waals surface area contributed by atoms with E-state index < -0.39 is 28.6 Å². The summed E-state index contributed by atoms with van der Waals surface area (Å²) in [6, 6.07) is 0.989. The van der Waals surface area contributed by atoms with E-state index in [0.29, 0.717) is 0 Å². The largest absolute Gasteiger partial charge is 0.480 e. The second-order valence-electron chi connectivity index (χ2n) is 3.58. The van der Waals surface area contributed by atoms with Gasteiger partial charge in [-0.1, -0.05) is 0 Å². The molecule has 0 aliphatic rings. The molecule has 7 heteroatoms. The van der Waals surface area contributed by atoms with Crippen LogP contribution in [-0.4, -0.2) is 41.4 Å². The number of nitrogens with zero attached hydrogens (tertiary/aromatic N) is 1. The topological polar surface area (TPSA) is 90.5 Å². The Hall–Kier alpha value is -1.34. The fourth-order valence-corrected chi connectivity index (χ4v) is 2.85. The molecule has 0 amide bonds. The van der Waals surface area contributed by atoms with Crippen LogP contribution in [0, 0.1) is 0 Å². The Balaban J connectivity index is 3.08. The number of carbonyl (C=O) groups is 1. The quantitative estimate of drug-likeness (QED) is 0.791. The molecule has 0 saturated heterocycles. The van der Waals surface area contributed by atoms with Crippen LogP contribution in [0.2, 0.25) is 0 Å². The molecule has 0 unspecified atom stereocenters. The van der Waals surface area contributed by atoms with Crippen LogP contribution < -0.4 is 0 Å². The third-order valence-electron chi connectivity index (χ3n) is 2.04. The van der Waals surface area contributed by atoms with Crippen LogP contribution in [0.15, 0.2) is 23.4 Å². The van der Waals surface area contributed by atoms with Crippen LogP contribution in [0.4, 0.5) is 0 Å². The zero-order chi connectivity index (χ0) is 12.3. The molecular formula is C9H14N2O4S. The van der Waals surface area contributed by atoms with E-state index in [4.69, 9.17) is 5.11 Å². The predicted octanol–water partition coefficient (Wildman–Crippen LogP) is 0.498. The summed E-state index contributed by atoms with van der Waals surface area (Å²) >= 11 is 0. The zero-order valence-corrected chi connectivity index (χ0v) is 9.86. The highest BCUT2D eigenvalue weighted by Gasteiger charge is 2.29. The molecule has 1 heterocycles. The van der Waals surface area contributed by atoms with Gasteiger partial charge in [-0.3, -0.25) is 4.79 Å². The molecule has 6 nitrogen and oxygen atoms in total. The van der Waals surface area contributed by atoms with Crippen LogP contribution in [0.3, 0.4) is 0 Å². The zero-order valence-electron chi connectivity index (χ0n) is 9.04. The van der Waals surface area contributed by atoms with Crippen molar-refractivity contribution in [3.63, 3.8) is 0 Å². The summed E-state index contributed by atoms with van der Waals surface area (Å²) in [6.07, 6.45) is 2.80. The van der Waals surface area contributed by atoms with Gasteiger partial charge in [-0.2, -0.15) is 4.31 Å². The summed E-state index contributed by atoms with van der Waals surface area (Å²) in [5, 5.41) is 8.68. The van der Waals surface area contributed by atoms with Crippen molar-refractivity contribution >= 4 is 16.0 Å². The number of carboxylic acids is 1. The minimum atomic E-state index is -3.73. The molecule has 0 radical (unpaired) electrons. The van der Waals surface area contributed by atoms with E-state index in [1.165, 1.54) is 18.5 Å². The molecule has 0 atom stereocenters. The summed E-state index contributed by atoms with van der Waals surface area (Å²) in [4.78, 5) is 13.3. The minimum absolute atomic E-state index is 0.0717. The Labute approximate surface area is 93.9 Å². The monoisotopic (exact) mass is 246 g/mol. The highest BCUT2D eigenvalue weighted by atomic mass is 32.2. The van der Waals surface area contributed by atoms with Crippen LogP contribution in [-0.2, 0) is 14.8 Å². The highest BCUT2D eigenvalue weighted by Crippen LogP contribution is 2.16. The fourth-order valence-electron chi connectivity index (χ4n) is 1.28. The van der Waals surface area contributed by atoms with E-state index in [-0.39, 0.29) is 4.90 Å². The molecular weight excluding hydrogens is 232 g/mol. The van der Waals surface area contributed by atoms with Gasteiger partial charge in [-0.25, -0.2) is 8.42 Å². The van der Waals surface area contributed by atoms with Crippen LogP contribution in [0.1, 0.15) is 13.8 Å². The third kappa shape index (κ3) is 2.61. The van der Waals surface area contributed by atoms with Gasteiger partial charge in [-0.05, 0) is 19.9 Å². The van der Waals surface area contributed by atoms with Crippen molar-refractivity contribution in [3.8, 4) is 0 Å². The van der Waals surface area contributed by atoms with E-state index in [2.05, 4.69) is 4.98 Å². The average molecular weight is 246 g/mol. The van der Waals surface area contributed by atoms with Gasteiger partial charge in [0.1, 0.15) is 6.54 Å². The maximum Gasteiger partial charge on any atom is 0.318 e. The first-order valence-corrected chi connectivity index (χ1v) is 6.16. The number of hydrogen-bond donors (Lipinski definition) is 2. The molecule has 0 aliphatic carbocycles. The third-order valence-corrected chi connectivity index (χ3v) is 4.06. The van der Waals surface area contributed by atoms with Gasteiger partial charge < -0.3 is 10.1 Å². The van der Waals surface area contributed by atoms with E-state index >= 15 is 0 Å². The number of nitrogens with one attached hydrogen (secondary N) is 1. The number of rotatable bonds is 5. The standard InChI is InChI=1S/C9H14N2O4S/c1-7(2)11(6-9(12)13)16(14,15)8-3-4-10-5-8/h3-5,7,10H,6H2,1-2H3,(H,12,13). The smallest absolute Gasteiger partial charge is 0.318 e. The van der Waals surface area contributed by atoms with Gasteiger partial charge in [0.15, 0.2) is 0 Å². The van der Waals surface area contributed by atoms with Crippen LogP contribution in [0.5, 0.6) is 0 Å². The Kier molecular flexibility index (Phi) is 3.71. The van der Waals surface area contributed by atoms with Gasteiger partial charge in [-0.15, -0.1) is 0 Å². The summed E-state index contributed by atoms with van der Waals surface area (Å²) in [7, 11) is -3.73. The fraction of sp³-hybridized carbons (Fsp3) is 0.444. The molecule has 0 bridgehead atoms. The maximum atomic E-state index is 12.0. The summed E-state index contributed by atoms with van der Waals surface area (Å²) < 4.78 is 25.0. The van der Waals surface area contributed by atoms with Gasteiger partial charge >= 0.3 is 5.97 Å². The molecule has 1 aromatic heterocycles. The lowest BCUT2D eigenvalue weighted by Crippen LogP contribution is -2.40. The average Bonchev–Trinajstić information content (AvgIpc) is 2.66. The van der Waals surface area contributed by atoms with Crippen molar-refractivity contribution in [3.05, 3.63) is 18.5 Å². The highest BCUT2D eigenvalue weighted by molar-refractivity contribution is 7.89.